The van der Waals surface area contributed by atoms with Gasteiger partial charge in [0.2, 0.25) is 5.91 Å². The lowest BCUT2D eigenvalue weighted by molar-refractivity contribution is -0.119. The third kappa shape index (κ3) is 4.68. The van der Waals surface area contributed by atoms with E-state index in [4.69, 9.17) is 28.6 Å². The number of thiocarbonyl (C=S) groups is 1. The molecule has 0 bridgehead atoms. The Morgan fingerprint density at radius 2 is 1.94 bits per heavy atom. The van der Waals surface area contributed by atoms with Gasteiger partial charge in [0.05, 0.1) is 22.4 Å². The molecule has 0 aliphatic carbocycles. The molecule has 1 aliphatic heterocycles. The van der Waals surface area contributed by atoms with Crippen molar-refractivity contribution in [2.45, 2.75) is 12.1 Å². The van der Waals surface area contributed by atoms with E-state index < -0.39 is 0 Å². The van der Waals surface area contributed by atoms with Crippen molar-refractivity contribution in [3.8, 4) is 5.69 Å². The minimum atomic E-state index is -0.284. The number of benzene rings is 1. The number of carbonyl (C=O) groups is 1. The Kier molecular flexibility index (Phi) is 6.95. The van der Waals surface area contributed by atoms with Crippen LogP contribution in [0.2, 0.25) is 5.02 Å². The van der Waals surface area contributed by atoms with Gasteiger partial charge in [-0.25, -0.2) is 0 Å². The van der Waals surface area contributed by atoms with Gasteiger partial charge in [0.1, 0.15) is 12.6 Å². The summed E-state index contributed by atoms with van der Waals surface area (Å²) in [6.45, 7) is -0.0575. The molecule has 2 N–H and O–H groups in total. The Hall–Kier alpha value is -3.79. The van der Waals surface area contributed by atoms with E-state index in [0.29, 0.717) is 15.8 Å². The molecule has 2 atom stereocenters. The van der Waals surface area contributed by atoms with Crippen LogP contribution in [-0.2, 0) is 9.53 Å². The first kappa shape index (κ1) is 23.9. The minimum absolute atomic E-state index is 0.0575. The van der Waals surface area contributed by atoms with Gasteiger partial charge in [-0.1, -0.05) is 17.7 Å². The fourth-order valence-electron chi connectivity index (χ4n) is 4.38. The molecule has 0 unspecified atom stereocenters. The molecule has 5 rings (SSSR count). The molecule has 1 amide bonds. The number of pyridine rings is 2. The zero-order valence-electron chi connectivity index (χ0n) is 19.3. The standard InChI is InChI=1S/C26H23ClN6O2S/c1-35-16-23(34)30-20-8-7-18(15-19(20)27)33-25(24(31-26(33)36)21-5-2-3-11-29-21)22-6-4-14-32(22)17-9-12-28-13-10-17/h2-15,24-25H,16H2,1H3,(H,30,34)(H,31,36)/t24-,25-/m1/s1. The second-order valence-electron chi connectivity index (χ2n) is 8.15. The number of nitrogens with zero attached hydrogens (tertiary/aromatic N) is 4. The average Bonchev–Trinajstić information content (AvgIpc) is 3.51. The van der Waals surface area contributed by atoms with Crippen LogP contribution in [0.25, 0.3) is 5.69 Å². The van der Waals surface area contributed by atoms with E-state index in [9.17, 15) is 4.79 Å². The number of methoxy groups -OCH3 is 1. The maximum absolute atomic E-state index is 12.0. The van der Waals surface area contributed by atoms with Crippen molar-refractivity contribution in [2.24, 2.45) is 0 Å². The van der Waals surface area contributed by atoms with Crippen molar-refractivity contribution in [3.05, 3.63) is 102 Å². The Bertz CT molecular complexity index is 1380. The van der Waals surface area contributed by atoms with Gasteiger partial charge < -0.3 is 24.8 Å². The number of hydrogen-bond donors (Lipinski definition) is 2. The highest BCUT2D eigenvalue weighted by Gasteiger charge is 2.42. The van der Waals surface area contributed by atoms with Crippen LogP contribution < -0.4 is 15.5 Å². The summed E-state index contributed by atoms with van der Waals surface area (Å²) in [5, 5.41) is 7.16. The Morgan fingerprint density at radius 1 is 1.11 bits per heavy atom. The minimum Gasteiger partial charge on any atom is -0.375 e. The van der Waals surface area contributed by atoms with Crippen molar-refractivity contribution < 1.29 is 9.53 Å². The number of amides is 1. The van der Waals surface area contributed by atoms with Crippen LogP contribution in [0.4, 0.5) is 11.4 Å². The molecular weight excluding hydrogens is 496 g/mol. The van der Waals surface area contributed by atoms with Crippen LogP contribution in [0.3, 0.4) is 0 Å². The summed E-state index contributed by atoms with van der Waals surface area (Å²) in [6.07, 6.45) is 7.32. The molecule has 0 radical (unpaired) electrons. The molecule has 3 aromatic heterocycles. The Balaban J connectivity index is 1.58. The monoisotopic (exact) mass is 518 g/mol. The molecule has 4 aromatic rings. The maximum atomic E-state index is 12.0. The van der Waals surface area contributed by atoms with Crippen molar-refractivity contribution >= 4 is 46.2 Å². The molecule has 8 nitrogen and oxygen atoms in total. The quantitative estimate of drug-likeness (QED) is 0.343. The molecule has 1 saturated heterocycles. The molecule has 0 spiro atoms. The van der Waals surface area contributed by atoms with Crippen LogP contribution in [-0.4, -0.2) is 39.3 Å². The molecule has 36 heavy (non-hydrogen) atoms. The normalized spacial score (nSPS) is 17.2. The number of halogens is 1. The molecule has 1 fully saturated rings. The van der Waals surface area contributed by atoms with Gasteiger partial charge in [0.25, 0.3) is 0 Å². The predicted octanol–water partition coefficient (Wildman–Crippen LogP) is 4.68. The van der Waals surface area contributed by atoms with Gasteiger partial charge >= 0.3 is 0 Å². The van der Waals surface area contributed by atoms with Gasteiger partial charge in [0.15, 0.2) is 5.11 Å². The third-order valence-electron chi connectivity index (χ3n) is 5.90. The number of aromatic nitrogens is 3. The molecule has 0 saturated carbocycles. The maximum Gasteiger partial charge on any atom is 0.250 e. The highest BCUT2D eigenvalue weighted by Crippen LogP contribution is 2.43. The average molecular weight is 519 g/mol. The van der Waals surface area contributed by atoms with E-state index in [1.54, 1.807) is 30.7 Å². The molecular formula is C26H23ClN6O2S. The van der Waals surface area contributed by atoms with Crippen LogP contribution in [0.1, 0.15) is 23.5 Å². The van der Waals surface area contributed by atoms with Crippen molar-refractivity contribution in [1.82, 2.24) is 19.9 Å². The van der Waals surface area contributed by atoms with Crippen molar-refractivity contribution in [3.63, 3.8) is 0 Å². The summed E-state index contributed by atoms with van der Waals surface area (Å²) in [7, 11) is 1.46. The zero-order valence-corrected chi connectivity index (χ0v) is 20.9. The van der Waals surface area contributed by atoms with E-state index in [2.05, 4.69) is 31.2 Å². The van der Waals surface area contributed by atoms with E-state index in [-0.39, 0.29) is 24.6 Å². The van der Waals surface area contributed by atoms with Crippen molar-refractivity contribution in [2.75, 3.05) is 23.9 Å². The Morgan fingerprint density at radius 3 is 2.67 bits per heavy atom. The van der Waals surface area contributed by atoms with E-state index >= 15 is 0 Å². The lowest BCUT2D eigenvalue weighted by Gasteiger charge is -2.29. The number of rotatable bonds is 7. The van der Waals surface area contributed by atoms with Crippen LogP contribution >= 0.6 is 23.8 Å². The molecule has 1 aromatic carbocycles. The number of carbonyl (C=O) groups excluding carboxylic acids is 1. The second kappa shape index (κ2) is 10.4. The summed E-state index contributed by atoms with van der Waals surface area (Å²) in [4.78, 5) is 22.8. The fraction of sp³-hybridized carbons (Fsp3) is 0.154. The molecule has 10 heteroatoms. The summed E-state index contributed by atoms with van der Waals surface area (Å²) >= 11 is 12.4. The second-order valence-corrected chi connectivity index (χ2v) is 8.94. The summed E-state index contributed by atoms with van der Waals surface area (Å²) in [6, 6.07) is 18.8. The summed E-state index contributed by atoms with van der Waals surface area (Å²) < 4.78 is 7.01. The first-order valence-electron chi connectivity index (χ1n) is 11.2. The lowest BCUT2D eigenvalue weighted by Crippen LogP contribution is -2.30. The number of anilines is 2. The first-order chi connectivity index (χ1) is 17.6. The molecule has 4 heterocycles. The van der Waals surface area contributed by atoms with Gasteiger partial charge in [-0.3, -0.25) is 14.8 Å². The van der Waals surface area contributed by atoms with Gasteiger partial charge in [-0.15, -0.1) is 0 Å². The Labute approximate surface area is 218 Å². The summed E-state index contributed by atoms with van der Waals surface area (Å²) in [5.41, 5.74) is 4.14. The zero-order chi connectivity index (χ0) is 25.1. The third-order valence-corrected chi connectivity index (χ3v) is 6.53. The van der Waals surface area contributed by atoms with Crippen LogP contribution in [0.5, 0.6) is 0 Å². The largest absolute Gasteiger partial charge is 0.375 e. The highest BCUT2D eigenvalue weighted by atomic mass is 35.5. The first-order valence-corrected chi connectivity index (χ1v) is 12.0. The SMILES string of the molecule is COCC(=O)Nc1ccc(N2C(=S)N[C@H](c3ccccn3)[C@H]2c2cccn2-c2ccncc2)cc1Cl. The van der Waals surface area contributed by atoms with Gasteiger partial charge in [-0.2, -0.15) is 0 Å². The molecule has 182 valence electrons. The predicted molar refractivity (Wildman–Crippen MR) is 143 cm³/mol. The number of hydrogen-bond acceptors (Lipinski definition) is 5. The number of ether oxygens (including phenoxy) is 1. The lowest BCUT2D eigenvalue weighted by atomic mass is 10.0. The van der Waals surface area contributed by atoms with E-state index in [1.165, 1.54) is 7.11 Å². The molecule has 1 aliphatic rings. The summed E-state index contributed by atoms with van der Waals surface area (Å²) in [5.74, 6) is -0.284. The van der Waals surface area contributed by atoms with Gasteiger partial charge in [0, 0.05) is 49.0 Å². The highest BCUT2D eigenvalue weighted by molar-refractivity contribution is 7.80. The van der Waals surface area contributed by atoms with Crippen LogP contribution in [0.15, 0.2) is 85.5 Å². The number of nitrogens with one attached hydrogen (secondary N) is 2. The van der Waals surface area contributed by atoms with Crippen molar-refractivity contribution in [1.29, 1.82) is 0 Å². The van der Waals surface area contributed by atoms with E-state index in [0.717, 1.165) is 22.8 Å². The van der Waals surface area contributed by atoms with Gasteiger partial charge in [-0.05, 0) is 66.8 Å². The fourth-order valence-corrected chi connectivity index (χ4v) is 4.95. The topological polar surface area (TPSA) is 84.3 Å². The van der Waals surface area contributed by atoms with E-state index in [1.807, 2.05) is 53.6 Å². The smallest absolute Gasteiger partial charge is 0.250 e. The van der Waals surface area contributed by atoms with Crippen LogP contribution in [0, 0.1) is 0 Å².